The number of carboxylic acids is 1. The predicted molar refractivity (Wildman–Crippen MR) is 598 cm³/mol. The first-order valence-corrected chi connectivity index (χ1v) is 56.7. The molecule has 0 radical (unpaired) electrons. The molecule has 144 heavy (non-hydrogen) atoms. The summed E-state index contributed by atoms with van der Waals surface area (Å²) in [4.78, 5) is 125. The fourth-order valence-electron chi connectivity index (χ4n) is 21.4. The van der Waals surface area contributed by atoms with Crippen LogP contribution in [0, 0.1) is 29.6 Å². The van der Waals surface area contributed by atoms with Crippen LogP contribution in [-0.2, 0) is 52.5 Å². The van der Waals surface area contributed by atoms with Gasteiger partial charge >= 0.3 is 5.97 Å². The van der Waals surface area contributed by atoms with Gasteiger partial charge in [0.25, 0.3) is 0 Å². The summed E-state index contributed by atoms with van der Waals surface area (Å²) in [7, 11) is -2.16. The Morgan fingerprint density at radius 1 is 0.333 bits per heavy atom. The van der Waals surface area contributed by atoms with Crippen LogP contribution in [0.5, 0.6) is 0 Å². The number of benzene rings is 5. The highest BCUT2D eigenvalue weighted by Gasteiger charge is 2.45. The molecule has 5 fully saturated rings. The molecule has 9 N–H and O–H groups in total. The summed E-state index contributed by atoms with van der Waals surface area (Å²) in [5, 5.41) is 43.1. The molecule has 10 aliphatic rings. The number of Topliss-reactive ketones (excluding diaryl/α,β-unsaturated/α-hetero) is 4. The Morgan fingerprint density at radius 2 is 0.549 bits per heavy atom. The van der Waals surface area contributed by atoms with Crippen molar-refractivity contribution in [2.45, 2.75) is 446 Å². The first-order valence-electron chi connectivity index (χ1n) is 54.1. The van der Waals surface area contributed by atoms with Crippen molar-refractivity contribution in [3.05, 3.63) is 171 Å². The fourth-order valence-corrected chi connectivity index (χ4v) is 22.2. The molecule has 5 amide bonds. The average Bonchev–Trinajstić information content (AvgIpc) is 0.808. The van der Waals surface area contributed by atoms with Crippen LogP contribution in [0.2, 0.25) is 0 Å². The highest BCUT2D eigenvalue weighted by molar-refractivity contribution is 7.64. The second kappa shape index (κ2) is 63.0. The minimum absolute atomic E-state index is 0. The van der Waals surface area contributed by atoms with E-state index in [1.54, 1.807) is 68.7 Å². The van der Waals surface area contributed by atoms with Crippen molar-refractivity contribution < 1.29 is 67.8 Å². The van der Waals surface area contributed by atoms with Gasteiger partial charge in [-0.05, 0) is 279 Å². The van der Waals surface area contributed by atoms with Gasteiger partial charge in [0, 0.05) is 179 Å². The third kappa shape index (κ3) is 34.8. The Hall–Kier alpha value is -8.97. The number of nitrogens with two attached hydrogens (primary N) is 1. The van der Waals surface area contributed by atoms with Crippen LogP contribution in [-0.4, -0.2) is 160 Å². The van der Waals surface area contributed by atoms with Crippen LogP contribution >= 0.6 is 7.14 Å². The molecule has 5 aliphatic heterocycles. The smallest absolute Gasteiger partial charge is 0.331 e. The van der Waals surface area contributed by atoms with E-state index in [0.717, 1.165) is 135 Å². The van der Waals surface area contributed by atoms with Crippen LogP contribution in [0.4, 0.5) is 28.4 Å². The molecule has 24 nitrogen and oxygen atoms in total. The number of hydrogen-bond donors (Lipinski definition) is 8. The van der Waals surface area contributed by atoms with Crippen molar-refractivity contribution in [2.24, 2.45) is 35.3 Å². The van der Waals surface area contributed by atoms with Gasteiger partial charge in [-0.15, -0.1) is 0 Å². The second-order valence-corrected chi connectivity index (χ2v) is 43.7. The number of anilines is 5. The van der Waals surface area contributed by atoms with Gasteiger partial charge < -0.3 is 71.4 Å². The van der Waals surface area contributed by atoms with Crippen LogP contribution in [0.25, 0.3) is 0 Å². The summed E-state index contributed by atoms with van der Waals surface area (Å²) in [6.07, 6.45) is 17.0. The topological polar surface area (TPSA) is 339 Å². The molecule has 5 aromatic rings. The lowest BCUT2D eigenvalue weighted by Gasteiger charge is -2.45. The maximum atomic E-state index is 12.2. The minimum Gasteiger partial charge on any atom is -0.478 e. The molecular weight excluding hydrogens is 1820 g/mol. The van der Waals surface area contributed by atoms with E-state index < -0.39 is 13.1 Å². The van der Waals surface area contributed by atoms with Gasteiger partial charge in [-0.1, -0.05) is 213 Å². The summed E-state index contributed by atoms with van der Waals surface area (Å²) in [6, 6.07) is 44.2. The maximum absolute atomic E-state index is 12.2. The number of ketones is 4. The van der Waals surface area contributed by atoms with E-state index in [1.807, 2.05) is 173 Å². The number of nitrogens with zero attached hydrogens (tertiary/aromatic N) is 5. The van der Waals surface area contributed by atoms with Crippen molar-refractivity contribution in [2.75, 3.05) is 37.8 Å². The highest BCUT2D eigenvalue weighted by Crippen LogP contribution is 2.48. The van der Waals surface area contributed by atoms with Gasteiger partial charge in [-0.3, -0.25) is 43.2 Å². The molecule has 5 heterocycles. The van der Waals surface area contributed by atoms with Crippen LogP contribution in [0.15, 0.2) is 144 Å². The third-order valence-electron chi connectivity index (χ3n) is 30.9. The second-order valence-electron chi connectivity index (χ2n) is 40.0. The molecule has 16 unspecified atom stereocenters. The summed E-state index contributed by atoms with van der Waals surface area (Å²) in [5.74, 6) is 2.15. The average molecular weight is 2020 g/mol. The molecule has 16 atom stereocenters. The van der Waals surface area contributed by atoms with E-state index in [-0.39, 0.29) is 133 Å². The van der Waals surface area contributed by atoms with Crippen molar-refractivity contribution in [3.63, 3.8) is 0 Å². The van der Waals surface area contributed by atoms with Crippen LogP contribution in [0.3, 0.4) is 0 Å². The summed E-state index contributed by atoms with van der Waals surface area (Å²) >= 11 is 0. The molecule has 0 aromatic heterocycles. The summed E-state index contributed by atoms with van der Waals surface area (Å²) < 4.78 is 11.1. The van der Waals surface area contributed by atoms with Crippen molar-refractivity contribution in [1.82, 2.24) is 21.3 Å². The van der Waals surface area contributed by atoms with Crippen LogP contribution in [0.1, 0.15) is 402 Å². The Morgan fingerprint density at radius 3 is 0.778 bits per heavy atom. The first-order chi connectivity index (χ1) is 67.8. The van der Waals surface area contributed by atoms with Gasteiger partial charge in [-0.2, -0.15) is 0 Å². The zero-order valence-corrected chi connectivity index (χ0v) is 94.4. The van der Waals surface area contributed by atoms with Gasteiger partial charge in [0.15, 0.2) is 5.78 Å². The number of para-hydroxylation sites is 5. The molecule has 5 saturated carbocycles. The number of fused-ring (bicyclic) bond motifs is 5. The lowest BCUT2D eigenvalue weighted by Crippen LogP contribution is -2.51. The maximum Gasteiger partial charge on any atom is 0.331 e. The number of nitrogens with one attached hydrogen (secondary N) is 4. The lowest BCUT2D eigenvalue weighted by molar-refractivity contribution is -0.133. The zero-order chi connectivity index (χ0) is 108. The third-order valence-corrected chi connectivity index (χ3v) is 33.1. The van der Waals surface area contributed by atoms with E-state index in [9.17, 15) is 62.7 Å². The standard InChI is InChI=1S/C23H32N2O2.C22H30N2O3.C19H28N2O2.C19H26N2O2.C13H18N2O.C6H13O2P.C6H10O2.5C2H6.CH4/c1-14-16(3)25(18(5)27)22-9-7-6-8-21(22)23(14)24-20-12-10-19(11-13-20)15(2)17(4)26;1-13-15(3)24(16(4)25)20-8-6-5-7-19(20)21(13)23-18-11-9-17(10-12-18)14(2)22(26)27;2*1-12-13(2)21(14(3)22)18-7-5-4-6-17(18)19(12)20-15-8-10-16(23)11-9-15;1-8-9(2)15(10(3)16)12-7-5-4-6-11(12)13(8)14;1-5(7)6(2)9(3,4)8;7-5-1-2-6(8)4-3-5;5*1-2;/h6-9,14,16,20,23-24H,10-13H2,1-5H3;5-8,13,15,18,21,23H,9-12H2,1-4H3,(H,26,27);4-7,12-13,15-16,19-20,23H,8-11H2,1-3H3;4-7,12-13,15,19-20H,8-11H2,1-3H3;4-9,13H,14H2,1-3H3;6H,1-4H3;5,7H,1-4H2;5*1-2H3;1H4. The van der Waals surface area contributed by atoms with Gasteiger partial charge in [0.05, 0.1) is 25.0 Å². The van der Waals surface area contributed by atoms with Gasteiger partial charge in [-0.25, -0.2) is 4.79 Å². The number of allylic oxidation sites excluding steroid dienone is 3. The van der Waals surface area contributed by atoms with E-state index in [0.29, 0.717) is 104 Å². The number of amides is 5. The fraction of sp³-hybridized carbons (Fsp3) is 0.630. The quantitative estimate of drug-likeness (QED) is 0.0425. The zero-order valence-electron chi connectivity index (χ0n) is 93.5. The number of carboxylic acid groups (broad SMARTS) is 1. The number of rotatable bonds is 12. The van der Waals surface area contributed by atoms with Crippen molar-refractivity contribution in [1.29, 1.82) is 0 Å². The largest absolute Gasteiger partial charge is 0.478 e. The Bertz CT molecular complexity index is 4850. The summed E-state index contributed by atoms with van der Waals surface area (Å²) in [5.41, 5.74) is 20.8. The molecular formula is C119H191N10O14P. The van der Waals surface area contributed by atoms with E-state index in [4.69, 9.17) is 10.8 Å². The van der Waals surface area contributed by atoms with Gasteiger partial charge in [0.1, 0.15) is 17.3 Å². The summed E-state index contributed by atoms with van der Waals surface area (Å²) in [6.45, 7) is 61.6. The first kappa shape index (κ1) is 129. The normalized spacial score (nSPS) is 26.1. The number of carbonyl (C=O) groups is 10. The number of aliphatic hydroxyl groups is 2. The van der Waals surface area contributed by atoms with Gasteiger partial charge in [0.2, 0.25) is 29.5 Å². The Balaban J connectivity index is 0.000000436. The molecule has 5 aromatic carbocycles. The molecule has 0 spiro atoms. The minimum atomic E-state index is -2.16. The number of hydrogen-bond acceptors (Lipinski definition) is 18. The van der Waals surface area contributed by atoms with Crippen molar-refractivity contribution >= 4 is 94.2 Å². The van der Waals surface area contributed by atoms with E-state index in [2.05, 4.69) is 139 Å². The highest BCUT2D eigenvalue weighted by atomic mass is 31.2. The molecule has 0 bridgehead atoms. The molecule has 0 saturated heterocycles. The molecule has 25 heteroatoms. The lowest BCUT2D eigenvalue weighted by atomic mass is 9.81. The molecule has 5 aliphatic carbocycles. The van der Waals surface area contributed by atoms with E-state index in [1.165, 1.54) is 34.8 Å². The number of aliphatic hydroxyl groups excluding tert-OH is 2. The Labute approximate surface area is 868 Å². The van der Waals surface area contributed by atoms with E-state index >= 15 is 0 Å². The Kier molecular flexibility index (Phi) is 56.5. The SMILES string of the molecule is C.CC.CC.CC.CC.CC.CC(=O)C(C)=C1CCC(NC2c3ccccc3N(C(C)=O)C(C)C2C)CC1.CC(=O)C(C)P(C)(C)=O.CC(=O)N1c2ccccc2C(N)C(C)C1C.CC(=O)N1c2ccccc2C(NC2CCC(=C(C)C(=O)O)CC2)C(C)C1C.CC(=O)N1c2ccccc2C(NC2CCC(=O)CC2)C(C)C1C.CC(=O)N1c2ccccc2C(NC2CCC(O)CC2)C(C)C1C.O=C1CCC(O)CC1. The molecule has 15 rings (SSSR count). The number of carbonyl (C=O) groups excluding carboxylic acids is 9. The number of aliphatic carboxylic acids is 1. The molecule has 806 valence electrons. The van der Waals surface area contributed by atoms with Crippen LogP contribution < -0.4 is 51.5 Å². The predicted octanol–water partition coefficient (Wildman–Crippen LogP) is 24.8. The van der Waals surface area contributed by atoms with Crippen molar-refractivity contribution in [3.8, 4) is 0 Å². The monoisotopic (exact) mass is 2020 g/mol.